The Labute approximate surface area is 92.5 Å². The molecule has 0 saturated carbocycles. The third kappa shape index (κ3) is 2.05. The Balaban J connectivity index is 2.53. The molecule has 2 aromatic rings. The van der Waals surface area contributed by atoms with Crippen molar-refractivity contribution >= 4 is 17.9 Å². The van der Waals surface area contributed by atoms with Gasteiger partial charge in [0.15, 0.2) is 6.29 Å². The van der Waals surface area contributed by atoms with Gasteiger partial charge in [0.2, 0.25) is 0 Å². The van der Waals surface area contributed by atoms with Gasteiger partial charge in [0, 0.05) is 28.5 Å². The number of carbonyl (C=O) groups excluding carboxylic acids is 1. The average Bonchev–Trinajstić information content (AvgIpc) is 2.30. The molecule has 0 unspecified atom stereocenters. The highest BCUT2D eigenvalue weighted by atomic mass is 35.5. The lowest BCUT2D eigenvalue weighted by Gasteiger charge is -2.03. The van der Waals surface area contributed by atoms with E-state index in [-0.39, 0.29) is 0 Å². The van der Waals surface area contributed by atoms with Crippen molar-refractivity contribution in [3.8, 4) is 11.1 Å². The van der Waals surface area contributed by atoms with E-state index in [1.54, 1.807) is 30.6 Å². The number of hydrogen-bond acceptors (Lipinski definition) is 2. The highest BCUT2D eigenvalue weighted by molar-refractivity contribution is 6.30. The van der Waals surface area contributed by atoms with Crippen molar-refractivity contribution in [1.29, 1.82) is 0 Å². The van der Waals surface area contributed by atoms with Crippen molar-refractivity contribution in [2.45, 2.75) is 0 Å². The third-order valence-corrected chi connectivity index (χ3v) is 2.39. The van der Waals surface area contributed by atoms with Crippen molar-refractivity contribution in [1.82, 2.24) is 4.98 Å². The minimum absolute atomic E-state index is 0.632. The fraction of sp³-hybridized carbons (Fsp3) is 0. The molecule has 0 aliphatic heterocycles. The molecule has 0 N–H and O–H groups in total. The van der Waals surface area contributed by atoms with E-state index in [0.29, 0.717) is 10.6 Å². The molecule has 74 valence electrons. The monoisotopic (exact) mass is 217 g/mol. The third-order valence-electron chi connectivity index (χ3n) is 2.14. The molecule has 0 bridgehead atoms. The molecule has 0 aliphatic rings. The Bertz CT molecular complexity index is 479. The van der Waals surface area contributed by atoms with Crippen LogP contribution in [0.3, 0.4) is 0 Å². The minimum Gasteiger partial charge on any atom is -0.298 e. The molecule has 0 fully saturated rings. The quantitative estimate of drug-likeness (QED) is 0.723. The molecule has 0 radical (unpaired) electrons. The van der Waals surface area contributed by atoms with E-state index in [1.165, 1.54) is 0 Å². The number of aldehydes is 1. The van der Waals surface area contributed by atoms with Crippen molar-refractivity contribution in [2.75, 3.05) is 0 Å². The number of aromatic nitrogens is 1. The predicted molar refractivity (Wildman–Crippen MR) is 60.1 cm³/mol. The Morgan fingerprint density at radius 2 is 1.87 bits per heavy atom. The number of nitrogens with zero attached hydrogens (tertiary/aromatic N) is 1. The van der Waals surface area contributed by atoms with Crippen LogP contribution in [0, 0.1) is 0 Å². The maximum Gasteiger partial charge on any atom is 0.150 e. The van der Waals surface area contributed by atoms with E-state index in [4.69, 9.17) is 11.6 Å². The lowest BCUT2D eigenvalue weighted by atomic mass is 10.0. The van der Waals surface area contributed by atoms with Gasteiger partial charge in [-0.2, -0.15) is 0 Å². The molecular weight excluding hydrogens is 210 g/mol. The summed E-state index contributed by atoms with van der Waals surface area (Å²) in [5.41, 5.74) is 2.39. The molecule has 1 aromatic carbocycles. The fourth-order valence-electron chi connectivity index (χ4n) is 1.38. The number of benzene rings is 1. The summed E-state index contributed by atoms with van der Waals surface area (Å²) in [6.45, 7) is 0. The second kappa shape index (κ2) is 4.24. The zero-order valence-electron chi connectivity index (χ0n) is 7.85. The van der Waals surface area contributed by atoms with Crippen LogP contribution < -0.4 is 0 Å². The molecule has 2 nitrogen and oxygen atoms in total. The Morgan fingerprint density at radius 1 is 1.13 bits per heavy atom. The van der Waals surface area contributed by atoms with Crippen LogP contribution >= 0.6 is 11.6 Å². The summed E-state index contributed by atoms with van der Waals surface area (Å²) in [6.07, 6.45) is 4.10. The zero-order valence-corrected chi connectivity index (χ0v) is 8.61. The first-order valence-corrected chi connectivity index (χ1v) is 4.84. The van der Waals surface area contributed by atoms with Crippen LogP contribution in [0.5, 0.6) is 0 Å². The summed E-state index contributed by atoms with van der Waals surface area (Å²) in [5.74, 6) is 0. The molecule has 0 spiro atoms. The van der Waals surface area contributed by atoms with Gasteiger partial charge in [0.1, 0.15) is 0 Å². The van der Waals surface area contributed by atoms with Gasteiger partial charge in [-0.05, 0) is 23.8 Å². The molecule has 0 atom stereocenters. The minimum atomic E-state index is 0.632. The summed E-state index contributed by atoms with van der Waals surface area (Å²) < 4.78 is 0. The van der Waals surface area contributed by atoms with E-state index in [1.807, 2.05) is 12.1 Å². The van der Waals surface area contributed by atoms with Gasteiger partial charge in [0.05, 0.1) is 0 Å². The van der Waals surface area contributed by atoms with E-state index in [2.05, 4.69) is 4.98 Å². The normalized spacial score (nSPS) is 9.93. The van der Waals surface area contributed by atoms with Crippen LogP contribution in [0.15, 0.2) is 42.7 Å². The summed E-state index contributed by atoms with van der Waals surface area (Å²) in [6, 6.07) is 9.01. The largest absolute Gasteiger partial charge is 0.298 e. The average molecular weight is 218 g/mol. The van der Waals surface area contributed by atoms with E-state index < -0.39 is 0 Å². The molecule has 0 amide bonds. The van der Waals surface area contributed by atoms with Crippen LogP contribution in [0.1, 0.15) is 10.4 Å². The van der Waals surface area contributed by atoms with E-state index in [9.17, 15) is 4.79 Å². The van der Waals surface area contributed by atoms with Crippen LogP contribution in [-0.4, -0.2) is 11.3 Å². The summed E-state index contributed by atoms with van der Waals surface area (Å²) >= 11 is 5.79. The number of hydrogen-bond donors (Lipinski definition) is 0. The van der Waals surface area contributed by atoms with Gasteiger partial charge in [-0.3, -0.25) is 9.78 Å². The summed E-state index contributed by atoms with van der Waals surface area (Å²) in [4.78, 5) is 14.8. The zero-order chi connectivity index (χ0) is 10.7. The standard InChI is InChI=1S/C12H8ClNO/c13-11-3-1-9(2-4-11)12-7-14-6-5-10(12)8-15/h1-8H. The molecule has 1 heterocycles. The van der Waals surface area contributed by atoms with Crippen molar-refractivity contribution in [3.63, 3.8) is 0 Å². The molecule has 2 rings (SSSR count). The predicted octanol–water partition coefficient (Wildman–Crippen LogP) is 3.21. The van der Waals surface area contributed by atoms with Gasteiger partial charge in [0.25, 0.3) is 0 Å². The van der Waals surface area contributed by atoms with Crippen molar-refractivity contribution < 1.29 is 4.79 Å². The first kappa shape index (κ1) is 9.87. The number of rotatable bonds is 2. The second-order valence-electron chi connectivity index (χ2n) is 3.09. The molecule has 15 heavy (non-hydrogen) atoms. The molecule has 0 saturated heterocycles. The van der Waals surface area contributed by atoms with Gasteiger partial charge in [-0.15, -0.1) is 0 Å². The van der Waals surface area contributed by atoms with Crippen molar-refractivity contribution in [3.05, 3.63) is 53.3 Å². The topological polar surface area (TPSA) is 30.0 Å². The van der Waals surface area contributed by atoms with Gasteiger partial charge < -0.3 is 0 Å². The Morgan fingerprint density at radius 3 is 2.53 bits per heavy atom. The fourth-order valence-corrected chi connectivity index (χ4v) is 1.50. The highest BCUT2D eigenvalue weighted by Crippen LogP contribution is 2.23. The lowest BCUT2D eigenvalue weighted by Crippen LogP contribution is -1.88. The first-order chi connectivity index (χ1) is 7.31. The molecule has 1 aromatic heterocycles. The molecule has 3 heteroatoms. The lowest BCUT2D eigenvalue weighted by molar-refractivity contribution is 0.112. The molecular formula is C12H8ClNO. The summed E-state index contributed by atoms with van der Waals surface area (Å²) in [7, 11) is 0. The first-order valence-electron chi connectivity index (χ1n) is 4.46. The van der Waals surface area contributed by atoms with Crippen LogP contribution in [0.25, 0.3) is 11.1 Å². The Kier molecular flexibility index (Phi) is 2.79. The maximum atomic E-state index is 10.8. The number of halogens is 1. The highest BCUT2D eigenvalue weighted by Gasteiger charge is 2.03. The van der Waals surface area contributed by atoms with Gasteiger partial charge in [-0.25, -0.2) is 0 Å². The van der Waals surface area contributed by atoms with Gasteiger partial charge >= 0.3 is 0 Å². The van der Waals surface area contributed by atoms with E-state index in [0.717, 1.165) is 17.4 Å². The van der Waals surface area contributed by atoms with Gasteiger partial charge in [-0.1, -0.05) is 23.7 Å². The van der Waals surface area contributed by atoms with Crippen molar-refractivity contribution in [2.24, 2.45) is 0 Å². The molecule has 0 aliphatic carbocycles. The van der Waals surface area contributed by atoms with Crippen LogP contribution in [0.4, 0.5) is 0 Å². The second-order valence-corrected chi connectivity index (χ2v) is 3.52. The number of pyridine rings is 1. The summed E-state index contributed by atoms with van der Waals surface area (Å²) in [5, 5.41) is 0.676. The maximum absolute atomic E-state index is 10.8. The van der Waals surface area contributed by atoms with Crippen LogP contribution in [-0.2, 0) is 0 Å². The van der Waals surface area contributed by atoms with Crippen LogP contribution in [0.2, 0.25) is 5.02 Å². The van der Waals surface area contributed by atoms with E-state index >= 15 is 0 Å². The SMILES string of the molecule is O=Cc1ccncc1-c1ccc(Cl)cc1. The Hall–Kier alpha value is -1.67. The number of carbonyl (C=O) groups is 1. The smallest absolute Gasteiger partial charge is 0.150 e.